The fourth-order valence-electron chi connectivity index (χ4n) is 3.39. The number of aromatic nitrogens is 1. The topological polar surface area (TPSA) is 61.8 Å². The smallest absolute Gasteiger partial charge is 0.191 e. The van der Waals surface area contributed by atoms with Gasteiger partial charge in [0.25, 0.3) is 0 Å². The highest BCUT2D eigenvalue weighted by Crippen LogP contribution is 2.27. The Labute approximate surface area is 176 Å². The third kappa shape index (κ3) is 5.44. The van der Waals surface area contributed by atoms with E-state index in [1.54, 1.807) is 18.4 Å². The van der Waals surface area contributed by atoms with Crippen LogP contribution in [0, 0.1) is 13.8 Å². The molecule has 1 aliphatic rings. The normalized spacial score (nSPS) is 16.8. The number of nitrogens with one attached hydrogen (secondary N) is 2. The van der Waals surface area contributed by atoms with Crippen LogP contribution in [0.5, 0.6) is 0 Å². The maximum atomic E-state index is 6.51. The molecular formula is C20H28ClN5OS. The zero-order valence-corrected chi connectivity index (χ0v) is 18.2. The van der Waals surface area contributed by atoms with Crippen LogP contribution in [-0.4, -0.2) is 55.7 Å². The van der Waals surface area contributed by atoms with Crippen LogP contribution in [-0.2, 0) is 11.3 Å². The highest BCUT2D eigenvalue weighted by atomic mass is 35.5. The molecule has 2 N–H and O–H groups in total. The number of ether oxygens (including phenoxy) is 1. The molecule has 0 spiro atoms. The molecule has 3 rings (SSSR count). The molecule has 0 amide bonds. The van der Waals surface area contributed by atoms with Crippen molar-refractivity contribution in [1.82, 2.24) is 20.5 Å². The summed E-state index contributed by atoms with van der Waals surface area (Å²) in [5.41, 5.74) is 2.20. The second-order valence-electron chi connectivity index (χ2n) is 6.73. The zero-order chi connectivity index (χ0) is 19.9. The second kappa shape index (κ2) is 10.2. The first-order valence-electron chi connectivity index (χ1n) is 9.52. The monoisotopic (exact) mass is 421 g/mol. The summed E-state index contributed by atoms with van der Waals surface area (Å²) < 4.78 is 5.53. The zero-order valence-electron chi connectivity index (χ0n) is 16.7. The van der Waals surface area contributed by atoms with Gasteiger partial charge in [0, 0.05) is 36.6 Å². The van der Waals surface area contributed by atoms with Gasteiger partial charge in [-0.1, -0.05) is 29.8 Å². The van der Waals surface area contributed by atoms with E-state index in [0.29, 0.717) is 13.1 Å². The minimum absolute atomic E-state index is 0.156. The molecule has 1 fully saturated rings. The van der Waals surface area contributed by atoms with Gasteiger partial charge in [0.2, 0.25) is 0 Å². The number of hydrogen-bond donors (Lipinski definition) is 2. The van der Waals surface area contributed by atoms with E-state index in [1.165, 1.54) is 4.88 Å². The van der Waals surface area contributed by atoms with Crippen LogP contribution >= 0.6 is 22.9 Å². The van der Waals surface area contributed by atoms with Gasteiger partial charge in [-0.3, -0.25) is 9.89 Å². The molecule has 6 nitrogen and oxygen atoms in total. The van der Waals surface area contributed by atoms with Crippen molar-refractivity contribution in [2.24, 2.45) is 4.99 Å². The Morgan fingerprint density at radius 3 is 2.68 bits per heavy atom. The van der Waals surface area contributed by atoms with Crippen LogP contribution in [0.4, 0.5) is 0 Å². The van der Waals surface area contributed by atoms with Gasteiger partial charge in [-0.15, -0.1) is 11.3 Å². The molecule has 0 saturated carbocycles. The number of halogens is 1. The Bertz CT molecular complexity index is 804. The SMILES string of the molecule is CN=C(NCc1sc(C)nc1C)NCC(c1ccccc1Cl)N1CCOCC1. The van der Waals surface area contributed by atoms with Gasteiger partial charge in [0.1, 0.15) is 0 Å². The van der Waals surface area contributed by atoms with Gasteiger partial charge in [-0.05, 0) is 25.5 Å². The van der Waals surface area contributed by atoms with E-state index in [4.69, 9.17) is 16.3 Å². The summed E-state index contributed by atoms with van der Waals surface area (Å²) in [7, 11) is 1.79. The molecule has 152 valence electrons. The van der Waals surface area contributed by atoms with E-state index in [1.807, 2.05) is 32.0 Å². The predicted octanol–water partition coefficient (Wildman–Crippen LogP) is 3.15. The first kappa shape index (κ1) is 21.0. The third-order valence-electron chi connectivity index (χ3n) is 4.85. The van der Waals surface area contributed by atoms with Crippen molar-refractivity contribution in [3.63, 3.8) is 0 Å². The molecule has 1 saturated heterocycles. The molecule has 0 radical (unpaired) electrons. The quantitative estimate of drug-likeness (QED) is 0.554. The standard InChI is InChI=1S/C20H28ClN5OS/c1-14-19(28-15(2)25-14)13-24-20(22-3)23-12-18(26-8-10-27-11-9-26)16-6-4-5-7-17(16)21/h4-7,18H,8-13H2,1-3H3,(H2,22,23,24). The van der Waals surface area contributed by atoms with Crippen molar-refractivity contribution in [1.29, 1.82) is 0 Å². The van der Waals surface area contributed by atoms with Crippen molar-refractivity contribution in [2.45, 2.75) is 26.4 Å². The number of aryl methyl sites for hydroxylation is 2. The minimum Gasteiger partial charge on any atom is -0.379 e. The number of nitrogens with zero attached hydrogens (tertiary/aromatic N) is 3. The molecule has 1 aliphatic heterocycles. The fraction of sp³-hybridized carbons (Fsp3) is 0.500. The average Bonchev–Trinajstić information content (AvgIpc) is 3.03. The molecule has 28 heavy (non-hydrogen) atoms. The van der Waals surface area contributed by atoms with Crippen LogP contribution in [0.3, 0.4) is 0 Å². The van der Waals surface area contributed by atoms with Crippen molar-refractivity contribution in [3.8, 4) is 0 Å². The largest absolute Gasteiger partial charge is 0.379 e. The molecule has 1 aromatic carbocycles. The molecule has 2 aromatic rings. The number of guanidine groups is 1. The van der Waals surface area contributed by atoms with E-state index < -0.39 is 0 Å². The molecule has 2 heterocycles. The number of aliphatic imine (C=N–C) groups is 1. The number of hydrogen-bond acceptors (Lipinski definition) is 5. The van der Waals surface area contributed by atoms with Gasteiger partial charge >= 0.3 is 0 Å². The summed E-state index contributed by atoms with van der Waals surface area (Å²) >= 11 is 8.23. The molecule has 8 heteroatoms. The van der Waals surface area contributed by atoms with E-state index in [0.717, 1.165) is 53.6 Å². The molecular weight excluding hydrogens is 394 g/mol. The van der Waals surface area contributed by atoms with E-state index >= 15 is 0 Å². The summed E-state index contributed by atoms with van der Waals surface area (Å²) in [6.07, 6.45) is 0. The van der Waals surface area contributed by atoms with Crippen LogP contribution in [0.2, 0.25) is 5.02 Å². The highest BCUT2D eigenvalue weighted by Gasteiger charge is 2.24. The molecule has 1 unspecified atom stereocenters. The lowest BCUT2D eigenvalue weighted by molar-refractivity contribution is 0.0170. The molecule has 1 atom stereocenters. The summed E-state index contributed by atoms with van der Waals surface area (Å²) in [6.45, 7) is 8.78. The Hall–Kier alpha value is -1.67. The van der Waals surface area contributed by atoms with E-state index in [-0.39, 0.29) is 6.04 Å². The number of rotatable bonds is 6. The maximum absolute atomic E-state index is 6.51. The Morgan fingerprint density at radius 2 is 2.04 bits per heavy atom. The molecule has 1 aromatic heterocycles. The number of morpholine rings is 1. The maximum Gasteiger partial charge on any atom is 0.191 e. The molecule has 0 bridgehead atoms. The van der Waals surface area contributed by atoms with Crippen molar-refractivity contribution in [2.75, 3.05) is 39.9 Å². The lowest BCUT2D eigenvalue weighted by Gasteiger charge is -2.35. The Kier molecular flexibility index (Phi) is 7.67. The van der Waals surface area contributed by atoms with Gasteiger partial charge in [-0.25, -0.2) is 4.98 Å². The second-order valence-corrected chi connectivity index (χ2v) is 8.43. The van der Waals surface area contributed by atoms with Crippen LogP contribution in [0.25, 0.3) is 0 Å². The van der Waals surface area contributed by atoms with Crippen LogP contribution in [0.15, 0.2) is 29.3 Å². The summed E-state index contributed by atoms with van der Waals surface area (Å²) in [6, 6.07) is 8.21. The molecule has 0 aliphatic carbocycles. The first-order chi connectivity index (χ1) is 13.6. The third-order valence-corrected chi connectivity index (χ3v) is 6.27. The van der Waals surface area contributed by atoms with E-state index in [2.05, 4.69) is 31.6 Å². The van der Waals surface area contributed by atoms with Gasteiger partial charge in [0.05, 0.1) is 36.5 Å². The predicted molar refractivity (Wildman–Crippen MR) is 116 cm³/mol. The van der Waals surface area contributed by atoms with Gasteiger partial charge < -0.3 is 15.4 Å². The number of thiazole rings is 1. The van der Waals surface area contributed by atoms with E-state index in [9.17, 15) is 0 Å². The highest BCUT2D eigenvalue weighted by molar-refractivity contribution is 7.11. The first-order valence-corrected chi connectivity index (χ1v) is 10.7. The number of benzene rings is 1. The van der Waals surface area contributed by atoms with Crippen molar-refractivity contribution < 1.29 is 4.74 Å². The minimum atomic E-state index is 0.156. The Morgan fingerprint density at radius 1 is 1.29 bits per heavy atom. The van der Waals surface area contributed by atoms with Crippen LogP contribution < -0.4 is 10.6 Å². The van der Waals surface area contributed by atoms with Crippen molar-refractivity contribution >= 4 is 28.9 Å². The summed E-state index contributed by atoms with van der Waals surface area (Å²) in [5, 5.41) is 8.75. The lowest BCUT2D eigenvalue weighted by Crippen LogP contribution is -2.46. The summed E-state index contributed by atoms with van der Waals surface area (Å²) in [4.78, 5) is 12.5. The van der Waals surface area contributed by atoms with Gasteiger partial charge in [-0.2, -0.15) is 0 Å². The summed E-state index contributed by atoms with van der Waals surface area (Å²) in [5.74, 6) is 0.774. The Balaban J connectivity index is 1.66. The average molecular weight is 422 g/mol. The lowest BCUT2D eigenvalue weighted by atomic mass is 10.0. The fourth-order valence-corrected chi connectivity index (χ4v) is 4.52. The van der Waals surface area contributed by atoms with Crippen molar-refractivity contribution in [3.05, 3.63) is 50.4 Å². The van der Waals surface area contributed by atoms with Gasteiger partial charge in [0.15, 0.2) is 5.96 Å². The van der Waals surface area contributed by atoms with Crippen LogP contribution in [0.1, 0.15) is 27.2 Å².